The van der Waals surface area contributed by atoms with Crippen LogP contribution in [0, 0.1) is 17.8 Å². The Morgan fingerprint density at radius 2 is 1.95 bits per heavy atom. The van der Waals surface area contributed by atoms with Crippen LogP contribution in [0.4, 0.5) is 13.6 Å². The van der Waals surface area contributed by atoms with Gasteiger partial charge in [0.15, 0.2) is 0 Å². The first-order chi connectivity index (χ1) is 20.8. The molecule has 2 bridgehead atoms. The average Bonchev–Trinajstić information content (AvgIpc) is 3.79. The third-order valence-corrected chi connectivity index (χ3v) is 12.8. The number of carbonyl (C=O) groups is 2. The highest BCUT2D eigenvalue weighted by Gasteiger charge is 2.60. The van der Waals surface area contributed by atoms with Crippen molar-refractivity contribution in [2.24, 2.45) is 17.8 Å². The van der Waals surface area contributed by atoms with Gasteiger partial charge in [-0.2, -0.15) is 11.8 Å². The average molecular weight is 623 g/mol. The number of halogens is 2. The van der Waals surface area contributed by atoms with E-state index in [4.69, 9.17) is 4.74 Å². The highest BCUT2D eigenvalue weighted by molar-refractivity contribution is 8.00. The Kier molecular flexibility index (Phi) is 8.45. The summed E-state index contributed by atoms with van der Waals surface area (Å²) in [5.74, 6) is 0.190. The molecule has 12 heteroatoms. The van der Waals surface area contributed by atoms with Crippen LogP contribution in [0.25, 0.3) is 0 Å². The lowest BCUT2D eigenvalue weighted by atomic mass is 9.73. The smallest absolute Gasteiger partial charge is 0.320 e. The second kappa shape index (κ2) is 12.0. The molecule has 9 nitrogen and oxygen atoms in total. The number of nitrogens with zero attached hydrogens (tertiary/aromatic N) is 3. The predicted octanol–water partition coefficient (Wildman–Crippen LogP) is 2.48. The number of piperazine rings is 1. The fourth-order valence-corrected chi connectivity index (χ4v) is 10.7. The van der Waals surface area contributed by atoms with Gasteiger partial charge in [-0.15, -0.1) is 0 Å². The van der Waals surface area contributed by atoms with Crippen molar-refractivity contribution < 1.29 is 23.1 Å². The molecule has 7 aliphatic rings. The summed E-state index contributed by atoms with van der Waals surface area (Å²) in [6.45, 7) is 10.6. The standard InChI is InChI=1S/C31H48F2N6O3S/c1-4-24(40)37-10-11-38(21-15-20(21)37)29-17-14-19(33)27-25-18(32)6-5-7-22(25)42-12-13-43-23-8-9-34-26(16(2)3)28(23)39(30(17)35-27)31(41)36-29/h4,16-23,25-30,34-35H,1,5-15H2,2-3H3,(H,36,41)/t17?,18?,19?,20-,21+,22?,23?,25?,26?,27?,28?,29?,30?/m1/s1. The van der Waals surface area contributed by atoms with Gasteiger partial charge < -0.3 is 25.2 Å². The van der Waals surface area contributed by atoms with Crippen LogP contribution >= 0.6 is 11.8 Å². The first-order valence-corrected chi connectivity index (χ1v) is 17.6. The number of thioether (sulfide) groups is 1. The van der Waals surface area contributed by atoms with E-state index < -0.39 is 30.5 Å². The van der Waals surface area contributed by atoms with E-state index in [1.807, 2.05) is 21.6 Å². The van der Waals surface area contributed by atoms with Gasteiger partial charge in [0.2, 0.25) is 5.91 Å². The van der Waals surface area contributed by atoms with Gasteiger partial charge in [0, 0.05) is 60.1 Å². The molecule has 0 aromatic heterocycles. The number of piperidine rings is 2. The van der Waals surface area contributed by atoms with Crippen LogP contribution in [0.3, 0.4) is 0 Å². The second-order valence-corrected chi connectivity index (χ2v) is 15.4. The summed E-state index contributed by atoms with van der Waals surface area (Å²) >= 11 is 1.86. The molecule has 7 rings (SSSR count). The van der Waals surface area contributed by atoms with E-state index in [0.717, 1.165) is 38.0 Å². The molecule has 2 saturated carbocycles. The topological polar surface area (TPSA) is 89.2 Å². The van der Waals surface area contributed by atoms with Gasteiger partial charge in [-0.1, -0.05) is 20.4 Å². The Labute approximate surface area is 258 Å². The van der Waals surface area contributed by atoms with E-state index in [-0.39, 0.29) is 71.9 Å². The van der Waals surface area contributed by atoms with Gasteiger partial charge in [0.05, 0.1) is 31.1 Å². The summed E-state index contributed by atoms with van der Waals surface area (Å²) in [4.78, 5) is 33.0. The van der Waals surface area contributed by atoms with Crippen molar-refractivity contribution in [1.29, 1.82) is 0 Å². The maximum atomic E-state index is 16.5. The molecule has 5 aliphatic heterocycles. The molecule has 5 saturated heterocycles. The van der Waals surface area contributed by atoms with E-state index in [2.05, 4.69) is 41.3 Å². The maximum Gasteiger partial charge on any atom is 0.320 e. The first-order valence-electron chi connectivity index (χ1n) is 16.6. The summed E-state index contributed by atoms with van der Waals surface area (Å²) < 4.78 is 38.6. The molecule has 0 radical (unpaired) electrons. The van der Waals surface area contributed by atoms with Gasteiger partial charge in [-0.25, -0.2) is 13.6 Å². The summed E-state index contributed by atoms with van der Waals surface area (Å²) in [5, 5.41) is 10.9. The minimum absolute atomic E-state index is 0.0607. The normalized spacial score (nSPS) is 46.8. The van der Waals surface area contributed by atoms with Gasteiger partial charge >= 0.3 is 6.03 Å². The van der Waals surface area contributed by atoms with Crippen LogP contribution in [0.15, 0.2) is 12.7 Å². The van der Waals surface area contributed by atoms with E-state index in [1.54, 1.807) is 0 Å². The number of hydrogen-bond donors (Lipinski definition) is 3. The third kappa shape index (κ3) is 5.30. The zero-order valence-corrected chi connectivity index (χ0v) is 26.2. The molecular weight excluding hydrogens is 574 g/mol. The van der Waals surface area contributed by atoms with Gasteiger partial charge in [0.1, 0.15) is 12.3 Å². The molecule has 0 aromatic carbocycles. The summed E-state index contributed by atoms with van der Waals surface area (Å²) in [7, 11) is 0. The van der Waals surface area contributed by atoms with Crippen molar-refractivity contribution >= 4 is 23.7 Å². The Bertz CT molecular complexity index is 1090. The highest BCUT2D eigenvalue weighted by atomic mass is 32.2. The molecule has 0 aromatic rings. The number of carbonyl (C=O) groups excluding carboxylic acids is 2. The van der Waals surface area contributed by atoms with Crippen LogP contribution < -0.4 is 16.0 Å². The number of amides is 3. The largest absolute Gasteiger partial charge is 0.377 e. The number of ether oxygens (including phenoxy) is 1. The molecule has 0 spiro atoms. The lowest BCUT2D eigenvalue weighted by Crippen LogP contribution is -2.80. The zero-order chi connectivity index (χ0) is 30.0. The van der Waals surface area contributed by atoms with Crippen molar-refractivity contribution in [3.8, 4) is 0 Å². The van der Waals surface area contributed by atoms with Crippen LogP contribution in [0.2, 0.25) is 0 Å². The molecule has 11 unspecified atom stereocenters. The minimum Gasteiger partial charge on any atom is -0.377 e. The number of fused-ring (bicyclic) bond motifs is 6. The van der Waals surface area contributed by atoms with Crippen molar-refractivity contribution in [2.45, 2.75) is 119 Å². The SMILES string of the molecule is C=CC(=O)N1CCN(C2NC(=O)N3C4NC(C(F)CC42)C2C(F)CCCC2OCCSC2CCNC(C(C)C)C23)[C@H]2C[C@H]21. The number of nitrogens with one attached hydrogen (secondary N) is 3. The van der Waals surface area contributed by atoms with Crippen LogP contribution in [0.1, 0.15) is 52.4 Å². The molecule has 3 N–H and O–H groups in total. The summed E-state index contributed by atoms with van der Waals surface area (Å²) in [6.07, 6.45) is 1.78. The fourth-order valence-electron chi connectivity index (χ4n) is 9.40. The lowest BCUT2D eigenvalue weighted by Gasteiger charge is -2.59. The van der Waals surface area contributed by atoms with E-state index in [9.17, 15) is 9.59 Å². The van der Waals surface area contributed by atoms with Crippen molar-refractivity contribution in [3.63, 3.8) is 0 Å². The van der Waals surface area contributed by atoms with Gasteiger partial charge in [0.25, 0.3) is 0 Å². The van der Waals surface area contributed by atoms with Crippen LogP contribution in [-0.4, -0.2) is 125 Å². The van der Waals surface area contributed by atoms with Crippen molar-refractivity contribution in [1.82, 2.24) is 30.7 Å². The summed E-state index contributed by atoms with van der Waals surface area (Å²) in [5.41, 5.74) is 0. The van der Waals surface area contributed by atoms with Crippen molar-refractivity contribution in [2.75, 3.05) is 32.0 Å². The van der Waals surface area contributed by atoms with Crippen molar-refractivity contribution in [3.05, 3.63) is 12.7 Å². The van der Waals surface area contributed by atoms with Crippen LogP contribution in [-0.2, 0) is 9.53 Å². The number of hydrogen-bond acceptors (Lipinski definition) is 7. The number of alkyl halides is 2. The van der Waals surface area contributed by atoms with Gasteiger partial charge in [-0.05, 0) is 57.1 Å². The third-order valence-electron chi connectivity index (χ3n) is 11.4. The fraction of sp³-hybridized carbons (Fsp3) is 0.871. The van der Waals surface area contributed by atoms with Crippen LogP contribution in [0.5, 0.6) is 0 Å². The van der Waals surface area contributed by atoms with Gasteiger partial charge in [-0.3, -0.25) is 15.0 Å². The lowest BCUT2D eigenvalue weighted by molar-refractivity contribution is -0.130. The number of rotatable bonds is 3. The number of urea groups is 1. The summed E-state index contributed by atoms with van der Waals surface area (Å²) in [6, 6.07) is -0.644. The quantitative estimate of drug-likeness (QED) is 0.417. The molecule has 13 atom stereocenters. The Hall–Kier alpha value is -1.47. The Morgan fingerprint density at radius 3 is 2.74 bits per heavy atom. The molecule has 43 heavy (non-hydrogen) atoms. The first kappa shape index (κ1) is 30.2. The second-order valence-electron chi connectivity index (χ2n) is 14.0. The molecule has 3 amide bonds. The molecule has 5 heterocycles. The van der Waals surface area contributed by atoms with E-state index in [1.165, 1.54) is 6.08 Å². The zero-order valence-electron chi connectivity index (χ0n) is 25.4. The molecule has 240 valence electrons. The monoisotopic (exact) mass is 622 g/mol. The highest BCUT2D eigenvalue weighted by Crippen LogP contribution is 2.46. The van der Waals surface area contributed by atoms with E-state index in [0.29, 0.717) is 26.1 Å². The minimum atomic E-state index is -1.26. The Balaban J connectivity index is 1.25. The maximum absolute atomic E-state index is 16.5. The molecule has 2 aliphatic carbocycles. The Morgan fingerprint density at radius 1 is 1.12 bits per heavy atom. The molecule has 7 fully saturated rings. The predicted molar refractivity (Wildman–Crippen MR) is 162 cm³/mol. The molecular formula is C31H48F2N6O3S. The van der Waals surface area contributed by atoms with E-state index >= 15 is 8.78 Å².